The van der Waals surface area contributed by atoms with Crippen molar-refractivity contribution in [2.45, 2.75) is 27.7 Å². The van der Waals surface area contributed by atoms with E-state index in [1.165, 1.54) is 0 Å². The molecule has 3 aromatic heterocycles. The fourth-order valence-corrected chi connectivity index (χ4v) is 6.13. The number of pyridine rings is 1. The Morgan fingerprint density at radius 1 is 0.739 bits per heavy atom. The first-order valence-corrected chi connectivity index (χ1v) is 14.7. The van der Waals surface area contributed by atoms with Crippen molar-refractivity contribution < 1.29 is 35.3 Å². The first-order valence-electron chi connectivity index (χ1n) is 14.7. The van der Waals surface area contributed by atoms with Crippen molar-refractivity contribution >= 4 is 21.8 Å². The second kappa shape index (κ2) is 12.5. The third kappa shape index (κ3) is 5.25. The van der Waals surface area contributed by atoms with E-state index in [0.717, 1.165) is 78.5 Å². The number of ether oxygens (including phenoxy) is 3. The second-order valence-electron chi connectivity index (χ2n) is 11.1. The summed E-state index contributed by atoms with van der Waals surface area (Å²) in [6, 6.07) is 33.1. The number of benzene rings is 4. The third-order valence-corrected chi connectivity index (χ3v) is 8.17. The van der Waals surface area contributed by atoms with Crippen LogP contribution >= 0.6 is 0 Å². The molecule has 0 amide bonds. The molecule has 0 saturated carbocycles. The van der Waals surface area contributed by atoms with Gasteiger partial charge in [-0.1, -0.05) is 29.8 Å². The van der Waals surface area contributed by atoms with Gasteiger partial charge in [0, 0.05) is 34.5 Å². The number of rotatable bonds is 7. The molecule has 0 radical (unpaired) electrons. The summed E-state index contributed by atoms with van der Waals surface area (Å²) < 4.78 is 22.0. The van der Waals surface area contributed by atoms with Gasteiger partial charge in [-0.2, -0.15) is 17.2 Å². The fourth-order valence-electron chi connectivity index (χ4n) is 6.13. The molecule has 0 spiro atoms. The van der Waals surface area contributed by atoms with Crippen molar-refractivity contribution in [2.24, 2.45) is 0 Å². The molecule has 7 aromatic rings. The van der Waals surface area contributed by atoms with Gasteiger partial charge in [0.2, 0.25) is 0 Å². The van der Waals surface area contributed by atoms with Crippen LogP contribution in [0.4, 0.5) is 0 Å². The minimum Gasteiger partial charge on any atom is -0.509 e. The molecule has 7 rings (SSSR count). The Labute approximate surface area is 282 Å². The molecule has 7 nitrogen and oxygen atoms in total. The van der Waals surface area contributed by atoms with Crippen molar-refractivity contribution in [1.29, 1.82) is 0 Å². The monoisotopic (exact) mass is 787 g/mol. The molecular formula is C38H32N4O3Pt. The zero-order valence-electron chi connectivity index (χ0n) is 26.4. The van der Waals surface area contributed by atoms with E-state index in [1.807, 2.05) is 80.2 Å². The predicted octanol–water partition coefficient (Wildman–Crippen LogP) is 8.67. The number of para-hydroxylation sites is 1. The normalized spacial score (nSPS) is 11.1. The SMILES string of the molecule is COc1ccc(C)c(OC)c1-c1c(C)nn(-c2[c-]c(Oc3[c-]c4c(cc3)c3ccccc3n4-c3cc(C)ccn3)ccc2)c1C.[Pt+2]. The maximum absolute atomic E-state index is 6.38. The number of fused-ring (bicyclic) bond motifs is 3. The Balaban J connectivity index is 0.00000372. The Hall–Kier alpha value is -4.87. The number of hydrogen-bond acceptors (Lipinski definition) is 5. The van der Waals surface area contributed by atoms with E-state index in [2.05, 4.69) is 58.9 Å². The van der Waals surface area contributed by atoms with E-state index in [-0.39, 0.29) is 21.1 Å². The molecule has 0 aliphatic rings. The molecule has 0 fully saturated rings. The molecule has 0 saturated heterocycles. The van der Waals surface area contributed by atoms with Gasteiger partial charge in [-0.3, -0.25) is 4.68 Å². The third-order valence-electron chi connectivity index (χ3n) is 8.17. The van der Waals surface area contributed by atoms with E-state index in [4.69, 9.17) is 19.3 Å². The average molecular weight is 788 g/mol. The first kappa shape index (κ1) is 31.1. The summed E-state index contributed by atoms with van der Waals surface area (Å²) in [6.45, 7) is 8.13. The molecule has 0 aliphatic heterocycles. The smallest absolute Gasteiger partial charge is 0.509 e. The van der Waals surface area contributed by atoms with Crippen LogP contribution in [0.15, 0.2) is 85.1 Å². The van der Waals surface area contributed by atoms with Crippen LogP contribution in [0.25, 0.3) is 44.4 Å². The summed E-state index contributed by atoms with van der Waals surface area (Å²) >= 11 is 0. The van der Waals surface area contributed by atoms with Crippen molar-refractivity contribution in [1.82, 2.24) is 19.3 Å². The molecule has 0 N–H and O–H groups in total. The minimum atomic E-state index is 0. The molecule has 0 bridgehead atoms. The Morgan fingerprint density at radius 2 is 1.54 bits per heavy atom. The van der Waals surface area contributed by atoms with Crippen LogP contribution in [0.1, 0.15) is 22.5 Å². The largest absolute Gasteiger partial charge is 2.00 e. The van der Waals surface area contributed by atoms with Gasteiger partial charge in [-0.05, 0) is 74.2 Å². The Morgan fingerprint density at radius 3 is 2.33 bits per heavy atom. The second-order valence-corrected chi connectivity index (χ2v) is 11.1. The molecule has 0 unspecified atom stereocenters. The van der Waals surface area contributed by atoms with Crippen molar-refractivity contribution in [3.8, 4) is 45.6 Å². The van der Waals surface area contributed by atoms with Gasteiger partial charge >= 0.3 is 21.1 Å². The zero-order valence-corrected chi connectivity index (χ0v) is 28.7. The van der Waals surface area contributed by atoms with Crippen LogP contribution in [0.2, 0.25) is 0 Å². The number of aryl methyl sites for hydroxylation is 3. The number of nitrogens with zero attached hydrogens (tertiary/aromatic N) is 4. The van der Waals surface area contributed by atoms with Gasteiger partial charge in [-0.15, -0.1) is 35.7 Å². The molecule has 8 heteroatoms. The Kier molecular flexibility index (Phi) is 8.45. The molecule has 0 aliphatic carbocycles. The summed E-state index contributed by atoms with van der Waals surface area (Å²) in [5.41, 5.74) is 8.50. The van der Waals surface area contributed by atoms with Gasteiger partial charge in [-0.25, -0.2) is 4.98 Å². The van der Waals surface area contributed by atoms with Crippen LogP contribution in [-0.4, -0.2) is 33.6 Å². The molecule has 0 atom stereocenters. The summed E-state index contributed by atoms with van der Waals surface area (Å²) in [7, 11) is 3.35. The zero-order chi connectivity index (χ0) is 31.2. The maximum Gasteiger partial charge on any atom is 2.00 e. The molecular weight excluding hydrogens is 756 g/mol. The topological polar surface area (TPSA) is 63.3 Å². The van der Waals surface area contributed by atoms with Crippen molar-refractivity contribution in [2.75, 3.05) is 14.2 Å². The van der Waals surface area contributed by atoms with E-state index in [1.54, 1.807) is 14.2 Å². The summed E-state index contributed by atoms with van der Waals surface area (Å²) in [4.78, 5) is 4.68. The van der Waals surface area contributed by atoms with Crippen molar-refractivity contribution in [3.05, 3.63) is 120 Å². The van der Waals surface area contributed by atoms with Crippen LogP contribution in [0, 0.1) is 39.8 Å². The molecule has 232 valence electrons. The fraction of sp³-hybridized carbons (Fsp3) is 0.158. The number of methoxy groups -OCH3 is 2. The first-order chi connectivity index (χ1) is 21.9. The minimum absolute atomic E-state index is 0. The van der Waals surface area contributed by atoms with Crippen LogP contribution in [0.5, 0.6) is 23.0 Å². The number of aromatic nitrogens is 4. The standard InChI is InChI=1S/C38H32N4O3.Pt/c1-23-18-19-39-35(20-23)41-32-13-8-7-12-30(32)31-16-15-29(22-33(31)41)45-28-11-9-10-27(21-28)42-26(4)36(25(3)40-42)37-34(43-5)17-14-24(2)38(37)44-6;/h7-20H,1-6H3;/q-2;+2. The van der Waals surface area contributed by atoms with Gasteiger partial charge in [0.25, 0.3) is 0 Å². The van der Waals surface area contributed by atoms with E-state index < -0.39 is 0 Å². The molecule has 4 aromatic carbocycles. The van der Waals surface area contributed by atoms with Crippen LogP contribution in [0.3, 0.4) is 0 Å². The van der Waals surface area contributed by atoms with Gasteiger partial charge < -0.3 is 18.8 Å². The van der Waals surface area contributed by atoms with Crippen LogP contribution in [-0.2, 0) is 21.1 Å². The predicted molar refractivity (Wildman–Crippen MR) is 177 cm³/mol. The van der Waals surface area contributed by atoms with Crippen molar-refractivity contribution in [3.63, 3.8) is 0 Å². The van der Waals surface area contributed by atoms with Gasteiger partial charge in [0.15, 0.2) is 0 Å². The molecule has 46 heavy (non-hydrogen) atoms. The Bertz CT molecular complexity index is 2230. The summed E-state index contributed by atoms with van der Waals surface area (Å²) in [5, 5.41) is 7.12. The quantitative estimate of drug-likeness (QED) is 0.152. The van der Waals surface area contributed by atoms with E-state index in [9.17, 15) is 0 Å². The van der Waals surface area contributed by atoms with E-state index in [0.29, 0.717) is 11.5 Å². The van der Waals surface area contributed by atoms with E-state index >= 15 is 0 Å². The molecule has 3 heterocycles. The van der Waals surface area contributed by atoms with Gasteiger partial charge in [0.1, 0.15) is 17.3 Å². The summed E-state index contributed by atoms with van der Waals surface area (Å²) in [6.07, 6.45) is 1.83. The van der Waals surface area contributed by atoms with Crippen LogP contribution < -0.4 is 14.2 Å². The van der Waals surface area contributed by atoms with Gasteiger partial charge in [0.05, 0.1) is 25.5 Å². The summed E-state index contributed by atoms with van der Waals surface area (Å²) in [5.74, 6) is 3.47. The average Bonchev–Trinajstić information content (AvgIpc) is 3.53. The maximum atomic E-state index is 6.38. The number of hydrogen-bond donors (Lipinski definition) is 0.